The van der Waals surface area contributed by atoms with Crippen LogP contribution >= 0.6 is 0 Å². The largest absolute Gasteiger partial charge is 0.348 e. The van der Waals surface area contributed by atoms with Gasteiger partial charge in [0, 0.05) is 12.1 Å². The van der Waals surface area contributed by atoms with Crippen molar-refractivity contribution in [3.8, 4) is 0 Å². The lowest BCUT2D eigenvalue weighted by Gasteiger charge is -2.06. The summed E-state index contributed by atoms with van der Waals surface area (Å²) in [6.45, 7) is 3.56. The highest BCUT2D eigenvalue weighted by Crippen LogP contribution is 2.40. The summed E-state index contributed by atoms with van der Waals surface area (Å²) in [7, 11) is 0. The number of carbonyl (C=O) groups excluding carboxylic acids is 1. The maximum absolute atomic E-state index is 13.4. The molecule has 1 amide bonds. The van der Waals surface area contributed by atoms with Crippen molar-refractivity contribution in [3.05, 3.63) is 47.8 Å². The van der Waals surface area contributed by atoms with Gasteiger partial charge in [0.05, 0.1) is 0 Å². The molecule has 16 heavy (non-hydrogen) atoms. The summed E-state index contributed by atoms with van der Waals surface area (Å²) < 4.78 is 13.4. The minimum absolute atomic E-state index is 0.219. The van der Waals surface area contributed by atoms with Crippen molar-refractivity contribution in [2.75, 3.05) is 0 Å². The molecule has 0 spiro atoms. The monoisotopic (exact) mass is 219 g/mol. The van der Waals surface area contributed by atoms with E-state index in [1.165, 1.54) is 30.5 Å². The molecule has 0 radical (unpaired) electrons. The Labute approximate surface area is 94.2 Å². The molecule has 0 saturated heterocycles. The summed E-state index contributed by atoms with van der Waals surface area (Å²) in [5, 5.41) is 2.58. The zero-order valence-corrected chi connectivity index (χ0v) is 9.00. The maximum atomic E-state index is 13.4. The first-order chi connectivity index (χ1) is 7.70. The summed E-state index contributed by atoms with van der Waals surface area (Å²) in [4.78, 5) is 11.0. The van der Waals surface area contributed by atoms with Gasteiger partial charge in [-0.2, -0.15) is 0 Å². The van der Waals surface area contributed by atoms with E-state index in [1.807, 2.05) is 12.1 Å². The van der Waals surface area contributed by atoms with Crippen LogP contribution in [0.2, 0.25) is 0 Å². The summed E-state index contributed by atoms with van der Waals surface area (Å²) in [6, 6.07) is 5.14. The van der Waals surface area contributed by atoms with Crippen molar-refractivity contribution in [2.24, 2.45) is 0 Å². The molecule has 2 rings (SSSR count). The van der Waals surface area contributed by atoms with Crippen molar-refractivity contribution in [2.45, 2.75) is 25.3 Å². The van der Waals surface area contributed by atoms with E-state index in [9.17, 15) is 9.18 Å². The summed E-state index contributed by atoms with van der Waals surface area (Å²) in [5.41, 5.74) is 1.71. The molecule has 0 aliphatic heterocycles. The van der Waals surface area contributed by atoms with Gasteiger partial charge in [0.25, 0.3) is 0 Å². The third-order valence-electron chi connectivity index (χ3n) is 2.76. The van der Waals surface area contributed by atoms with Crippen molar-refractivity contribution in [1.82, 2.24) is 5.32 Å². The van der Waals surface area contributed by atoms with Gasteiger partial charge < -0.3 is 5.32 Å². The molecule has 0 aromatic heterocycles. The SMILES string of the molecule is C=CC(=O)NCc1cc(C2CC2)ccc1F. The quantitative estimate of drug-likeness (QED) is 0.774. The van der Waals surface area contributed by atoms with E-state index in [0.29, 0.717) is 11.5 Å². The van der Waals surface area contributed by atoms with E-state index in [-0.39, 0.29) is 18.3 Å². The first kappa shape index (κ1) is 10.9. The Kier molecular flexibility index (Phi) is 3.04. The zero-order chi connectivity index (χ0) is 11.5. The van der Waals surface area contributed by atoms with E-state index in [2.05, 4.69) is 11.9 Å². The van der Waals surface area contributed by atoms with Crippen LogP contribution in [-0.4, -0.2) is 5.91 Å². The molecule has 0 heterocycles. The molecule has 84 valence electrons. The van der Waals surface area contributed by atoms with E-state index in [0.717, 1.165) is 0 Å². The summed E-state index contributed by atoms with van der Waals surface area (Å²) in [5.74, 6) is 0.0412. The lowest BCUT2D eigenvalue weighted by atomic mass is 10.1. The fourth-order valence-corrected chi connectivity index (χ4v) is 1.66. The number of hydrogen-bond acceptors (Lipinski definition) is 1. The molecular formula is C13H14FNO. The van der Waals surface area contributed by atoms with Crippen molar-refractivity contribution >= 4 is 5.91 Å². The number of hydrogen-bond donors (Lipinski definition) is 1. The predicted octanol–water partition coefficient (Wildman–Crippen LogP) is 2.51. The average molecular weight is 219 g/mol. The molecule has 1 N–H and O–H groups in total. The lowest BCUT2D eigenvalue weighted by molar-refractivity contribution is -0.116. The van der Waals surface area contributed by atoms with Gasteiger partial charge in [-0.3, -0.25) is 4.79 Å². The minimum Gasteiger partial charge on any atom is -0.348 e. The van der Waals surface area contributed by atoms with Crippen LogP contribution in [0.1, 0.15) is 29.9 Å². The average Bonchev–Trinajstić information content (AvgIpc) is 3.11. The van der Waals surface area contributed by atoms with E-state index in [1.54, 1.807) is 0 Å². The van der Waals surface area contributed by atoms with Crippen LogP contribution in [0.25, 0.3) is 0 Å². The van der Waals surface area contributed by atoms with Gasteiger partial charge in [0.2, 0.25) is 5.91 Å². The molecule has 2 nitrogen and oxygen atoms in total. The van der Waals surface area contributed by atoms with Crippen molar-refractivity contribution < 1.29 is 9.18 Å². The molecule has 1 fully saturated rings. The standard InChI is InChI=1S/C13H14FNO/c1-2-13(16)15-8-11-7-10(9-3-4-9)5-6-12(11)14/h2,5-7,9H,1,3-4,8H2,(H,15,16). The fourth-order valence-electron chi connectivity index (χ4n) is 1.66. The Bertz CT molecular complexity index is 424. The van der Waals surface area contributed by atoms with Gasteiger partial charge in [-0.15, -0.1) is 0 Å². The van der Waals surface area contributed by atoms with Gasteiger partial charge in [-0.05, 0) is 36.5 Å². The van der Waals surface area contributed by atoms with E-state index < -0.39 is 0 Å². The Balaban J connectivity index is 2.09. The molecule has 1 aromatic rings. The highest BCUT2D eigenvalue weighted by Gasteiger charge is 2.24. The van der Waals surface area contributed by atoms with Gasteiger partial charge in [-0.1, -0.05) is 18.7 Å². The molecular weight excluding hydrogens is 205 g/mol. The second-order valence-electron chi connectivity index (χ2n) is 4.05. The number of rotatable bonds is 4. The van der Waals surface area contributed by atoms with Gasteiger partial charge in [-0.25, -0.2) is 4.39 Å². The first-order valence-electron chi connectivity index (χ1n) is 5.39. The molecule has 0 atom stereocenters. The minimum atomic E-state index is -0.281. The number of halogens is 1. The first-order valence-corrected chi connectivity index (χ1v) is 5.39. The number of carbonyl (C=O) groups is 1. The predicted molar refractivity (Wildman–Crippen MR) is 60.4 cm³/mol. The normalized spacial score (nSPS) is 14.6. The van der Waals surface area contributed by atoms with Crippen LogP contribution in [0.4, 0.5) is 4.39 Å². The Morgan fingerprint density at radius 3 is 2.94 bits per heavy atom. The van der Waals surface area contributed by atoms with Gasteiger partial charge in [0.1, 0.15) is 5.82 Å². The van der Waals surface area contributed by atoms with E-state index in [4.69, 9.17) is 0 Å². The van der Waals surface area contributed by atoms with Crippen LogP contribution in [0.3, 0.4) is 0 Å². The molecule has 1 saturated carbocycles. The fraction of sp³-hybridized carbons (Fsp3) is 0.308. The molecule has 1 aliphatic rings. The van der Waals surface area contributed by atoms with Crippen LogP contribution in [0, 0.1) is 5.82 Å². The molecule has 3 heteroatoms. The molecule has 1 aromatic carbocycles. The van der Waals surface area contributed by atoms with Crippen molar-refractivity contribution in [3.63, 3.8) is 0 Å². The second kappa shape index (κ2) is 4.47. The lowest BCUT2D eigenvalue weighted by Crippen LogP contribution is -2.20. The smallest absolute Gasteiger partial charge is 0.243 e. The topological polar surface area (TPSA) is 29.1 Å². The van der Waals surface area contributed by atoms with Crippen LogP contribution in [0.5, 0.6) is 0 Å². The molecule has 1 aliphatic carbocycles. The second-order valence-corrected chi connectivity index (χ2v) is 4.05. The zero-order valence-electron chi connectivity index (χ0n) is 9.00. The van der Waals surface area contributed by atoms with Gasteiger partial charge >= 0.3 is 0 Å². The number of benzene rings is 1. The van der Waals surface area contributed by atoms with Crippen LogP contribution in [-0.2, 0) is 11.3 Å². The van der Waals surface area contributed by atoms with Crippen LogP contribution < -0.4 is 5.32 Å². The highest BCUT2D eigenvalue weighted by atomic mass is 19.1. The van der Waals surface area contributed by atoms with Crippen LogP contribution in [0.15, 0.2) is 30.9 Å². The third-order valence-corrected chi connectivity index (χ3v) is 2.76. The molecule has 0 bridgehead atoms. The van der Waals surface area contributed by atoms with Gasteiger partial charge in [0.15, 0.2) is 0 Å². The molecule has 0 unspecified atom stereocenters. The third kappa shape index (κ3) is 2.48. The van der Waals surface area contributed by atoms with Crippen molar-refractivity contribution in [1.29, 1.82) is 0 Å². The Hall–Kier alpha value is -1.64. The summed E-state index contributed by atoms with van der Waals surface area (Å²) in [6.07, 6.45) is 3.55. The Morgan fingerprint density at radius 2 is 2.31 bits per heavy atom. The maximum Gasteiger partial charge on any atom is 0.243 e. The highest BCUT2D eigenvalue weighted by molar-refractivity contribution is 5.86. The Morgan fingerprint density at radius 1 is 1.56 bits per heavy atom. The summed E-state index contributed by atoms with van der Waals surface area (Å²) >= 11 is 0. The number of nitrogens with one attached hydrogen (secondary N) is 1. The number of amides is 1. The van der Waals surface area contributed by atoms with E-state index >= 15 is 0 Å².